The fourth-order valence-corrected chi connectivity index (χ4v) is 3.62. The molecule has 0 saturated carbocycles. The molecule has 0 bridgehead atoms. The number of aromatic nitrogens is 1. The number of carbonyl (C=O) groups is 1. The molecule has 1 N–H and O–H groups in total. The number of rotatable bonds is 10. The summed E-state index contributed by atoms with van der Waals surface area (Å²) >= 11 is 1.75. The van der Waals surface area contributed by atoms with E-state index in [1.807, 2.05) is 36.5 Å². The fourth-order valence-electron chi connectivity index (χ4n) is 2.79. The molecule has 26 heavy (non-hydrogen) atoms. The van der Waals surface area contributed by atoms with Crippen molar-refractivity contribution in [3.63, 3.8) is 0 Å². The molecule has 0 fully saturated rings. The predicted octanol–water partition coefficient (Wildman–Crippen LogP) is 4.22. The van der Waals surface area contributed by atoms with E-state index < -0.39 is 0 Å². The Bertz CT molecular complexity index is 661. The Kier molecular flexibility index (Phi) is 8.65. The second-order valence-corrected chi connectivity index (χ2v) is 7.49. The molecule has 1 amide bonds. The summed E-state index contributed by atoms with van der Waals surface area (Å²) in [4.78, 5) is 20.1. The minimum Gasteiger partial charge on any atom is -0.348 e. The molecular formula is C21H29N3OS. The molecule has 0 unspecified atom stereocenters. The maximum absolute atomic E-state index is 12.4. The number of amides is 1. The lowest BCUT2D eigenvalue weighted by Gasteiger charge is -2.24. The topological polar surface area (TPSA) is 45.2 Å². The largest absolute Gasteiger partial charge is 0.348 e. The molecule has 0 aliphatic carbocycles. The molecule has 1 heterocycles. The molecule has 0 radical (unpaired) electrons. The Labute approximate surface area is 161 Å². The number of benzene rings is 1. The molecule has 2 rings (SSSR count). The second kappa shape index (κ2) is 11.0. The van der Waals surface area contributed by atoms with Crippen LogP contribution in [-0.2, 0) is 5.75 Å². The van der Waals surface area contributed by atoms with E-state index in [2.05, 4.69) is 42.0 Å². The van der Waals surface area contributed by atoms with Crippen molar-refractivity contribution in [1.29, 1.82) is 0 Å². The van der Waals surface area contributed by atoms with Gasteiger partial charge in [-0.15, -0.1) is 11.8 Å². The summed E-state index contributed by atoms with van der Waals surface area (Å²) < 4.78 is 0. The van der Waals surface area contributed by atoms with Crippen molar-refractivity contribution >= 4 is 17.7 Å². The van der Waals surface area contributed by atoms with E-state index in [1.54, 1.807) is 18.0 Å². The van der Waals surface area contributed by atoms with Gasteiger partial charge in [0.05, 0.1) is 0 Å². The first-order chi connectivity index (χ1) is 12.6. The first kappa shape index (κ1) is 20.5. The number of hydrogen-bond donors (Lipinski definition) is 1. The summed E-state index contributed by atoms with van der Waals surface area (Å²) in [7, 11) is 0. The van der Waals surface area contributed by atoms with E-state index >= 15 is 0 Å². The van der Waals surface area contributed by atoms with Crippen LogP contribution in [-0.4, -0.2) is 41.5 Å². The highest BCUT2D eigenvalue weighted by molar-refractivity contribution is 7.98. The molecule has 0 saturated heterocycles. The Morgan fingerprint density at radius 1 is 1.23 bits per heavy atom. The summed E-state index contributed by atoms with van der Waals surface area (Å²) in [5, 5.41) is 3.10. The molecule has 4 nitrogen and oxygen atoms in total. The molecular weight excluding hydrogens is 342 g/mol. The van der Waals surface area contributed by atoms with Crippen molar-refractivity contribution in [2.24, 2.45) is 0 Å². The van der Waals surface area contributed by atoms with Gasteiger partial charge in [0.25, 0.3) is 5.91 Å². The standard InChI is InChI=1S/C21H29N3OS/c1-4-13-24(5-2)15-17(3)23-21(25)19-8-10-20(11-9-19)26-16-18-7-6-12-22-14-18/h6-12,14,17H,4-5,13,15-16H2,1-3H3,(H,23,25)/t17-/m0/s1. The third-order valence-electron chi connectivity index (χ3n) is 4.14. The number of hydrogen-bond acceptors (Lipinski definition) is 4. The summed E-state index contributed by atoms with van der Waals surface area (Å²) in [6.45, 7) is 9.37. The fraction of sp³-hybridized carbons (Fsp3) is 0.429. The third-order valence-corrected chi connectivity index (χ3v) is 5.22. The number of thioether (sulfide) groups is 1. The monoisotopic (exact) mass is 371 g/mol. The van der Waals surface area contributed by atoms with Crippen LogP contribution in [0, 0.1) is 0 Å². The third kappa shape index (κ3) is 6.81. The molecule has 1 aromatic carbocycles. The lowest BCUT2D eigenvalue weighted by molar-refractivity contribution is 0.0929. The van der Waals surface area contributed by atoms with E-state index in [-0.39, 0.29) is 11.9 Å². The van der Waals surface area contributed by atoms with Crippen molar-refractivity contribution in [3.05, 3.63) is 59.9 Å². The zero-order chi connectivity index (χ0) is 18.8. The maximum atomic E-state index is 12.4. The van der Waals surface area contributed by atoms with Gasteiger partial charge in [-0.1, -0.05) is 19.9 Å². The van der Waals surface area contributed by atoms with Crippen molar-refractivity contribution in [3.8, 4) is 0 Å². The van der Waals surface area contributed by atoms with Crippen LogP contribution in [0.1, 0.15) is 43.1 Å². The van der Waals surface area contributed by atoms with E-state index in [0.29, 0.717) is 5.56 Å². The van der Waals surface area contributed by atoms with Crippen molar-refractivity contribution in [2.45, 2.75) is 43.9 Å². The lowest BCUT2D eigenvalue weighted by Crippen LogP contribution is -2.42. The number of carbonyl (C=O) groups excluding carboxylic acids is 1. The van der Waals surface area contributed by atoms with Crippen LogP contribution in [0.3, 0.4) is 0 Å². The van der Waals surface area contributed by atoms with Crippen LogP contribution >= 0.6 is 11.8 Å². The van der Waals surface area contributed by atoms with Gasteiger partial charge in [-0.3, -0.25) is 9.78 Å². The van der Waals surface area contributed by atoms with Crippen molar-refractivity contribution < 1.29 is 4.79 Å². The van der Waals surface area contributed by atoms with Crippen LogP contribution in [0.4, 0.5) is 0 Å². The molecule has 1 aromatic heterocycles. The van der Waals surface area contributed by atoms with Gasteiger partial charge in [-0.2, -0.15) is 0 Å². The average Bonchev–Trinajstić information content (AvgIpc) is 2.67. The second-order valence-electron chi connectivity index (χ2n) is 6.44. The van der Waals surface area contributed by atoms with Gasteiger partial charge in [0.1, 0.15) is 0 Å². The van der Waals surface area contributed by atoms with E-state index in [4.69, 9.17) is 0 Å². The van der Waals surface area contributed by atoms with Crippen molar-refractivity contribution in [1.82, 2.24) is 15.2 Å². The van der Waals surface area contributed by atoms with Gasteiger partial charge in [-0.05, 0) is 62.3 Å². The molecule has 0 aliphatic rings. The minimum absolute atomic E-state index is 0.00568. The van der Waals surface area contributed by atoms with Crippen LogP contribution in [0.15, 0.2) is 53.7 Å². The highest BCUT2D eigenvalue weighted by Gasteiger charge is 2.12. The molecule has 1 atom stereocenters. The predicted molar refractivity (Wildman–Crippen MR) is 110 cm³/mol. The highest BCUT2D eigenvalue weighted by Crippen LogP contribution is 2.22. The summed E-state index contributed by atoms with van der Waals surface area (Å²) in [5.74, 6) is 0.870. The first-order valence-corrected chi connectivity index (χ1v) is 10.3. The van der Waals surface area contributed by atoms with Crippen LogP contribution in [0.5, 0.6) is 0 Å². The molecule has 0 spiro atoms. The van der Waals surface area contributed by atoms with Crippen LogP contribution < -0.4 is 5.32 Å². The molecule has 5 heteroatoms. The summed E-state index contributed by atoms with van der Waals surface area (Å²) in [6.07, 6.45) is 4.80. The Balaban J connectivity index is 1.83. The summed E-state index contributed by atoms with van der Waals surface area (Å²) in [5.41, 5.74) is 1.90. The van der Waals surface area contributed by atoms with E-state index in [0.717, 1.165) is 36.7 Å². The van der Waals surface area contributed by atoms with Gasteiger partial charge in [0.15, 0.2) is 0 Å². The minimum atomic E-state index is -0.00568. The molecule has 2 aromatic rings. The van der Waals surface area contributed by atoms with Crippen LogP contribution in [0.2, 0.25) is 0 Å². The highest BCUT2D eigenvalue weighted by atomic mass is 32.2. The van der Waals surface area contributed by atoms with Gasteiger partial charge in [-0.25, -0.2) is 0 Å². The smallest absolute Gasteiger partial charge is 0.251 e. The van der Waals surface area contributed by atoms with Gasteiger partial charge in [0.2, 0.25) is 0 Å². The van der Waals surface area contributed by atoms with Gasteiger partial charge in [0, 0.05) is 41.2 Å². The summed E-state index contributed by atoms with van der Waals surface area (Å²) in [6, 6.07) is 12.0. The first-order valence-electron chi connectivity index (χ1n) is 9.27. The van der Waals surface area contributed by atoms with Crippen LogP contribution in [0.25, 0.3) is 0 Å². The Hall–Kier alpha value is -1.85. The van der Waals surface area contributed by atoms with Crippen molar-refractivity contribution in [2.75, 3.05) is 19.6 Å². The number of likely N-dealkylation sites (N-methyl/N-ethyl adjacent to an activating group) is 1. The van der Waals surface area contributed by atoms with Gasteiger partial charge < -0.3 is 10.2 Å². The zero-order valence-electron chi connectivity index (χ0n) is 15.9. The quantitative estimate of drug-likeness (QED) is 0.635. The normalized spacial score (nSPS) is 12.2. The Morgan fingerprint density at radius 2 is 2.00 bits per heavy atom. The Morgan fingerprint density at radius 3 is 2.62 bits per heavy atom. The zero-order valence-corrected chi connectivity index (χ0v) is 16.8. The molecule has 140 valence electrons. The van der Waals surface area contributed by atoms with Gasteiger partial charge >= 0.3 is 0 Å². The maximum Gasteiger partial charge on any atom is 0.251 e. The molecule has 0 aliphatic heterocycles. The average molecular weight is 372 g/mol. The van der Waals surface area contributed by atoms with E-state index in [9.17, 15) is 4.79 Å². The number of pyridine rings is 1. The van der Waals surface area contributed by atoms with E-state index in [1.165, 1.54) is 5.56 Å². The SMILES string of the molecule is CCCN(CC)C[C@H](C)NC(=O)c1ccc(SCc2cccnc2)cc1. The number of nitrogens with one attached hydrogen (secondary N) is 1. The number of nitrogens with zero attached hydrogens (tertiary/aromatic N) is 2. The lowest BCUT2D eigenvalue weighted by atomic mass is 10.2.